The van der Waals surface area contributed by atoms with Crippen LogP contribution in [-0.4, -0.2) is 26.9 Å². The summed E-state index contributed by atoms with van der Waals surface area (Å²) in [6.45, 7) is 0.829. The molecule has 0 amide bonds. The Morgan fingerprint density at radius 3 is 2.62 bits per heavy atom. The van der Waals surface area contributed by atoms with Gasteiger partial charge in [0.15, 0.2) is 5.16 Å². The predicted molar refractivity (Wildman–Crippen MR) is 135 cm³/mol. The Hall–Kier alpha value is -3.36. The lowest BCUT2D eigenvalue weighted by atomic mass is 10.1. The van der Waals surface area contributed by atoms with Crippen LogP contribution in [0.5, 0.6) is 5.75 Å². The van der Waals surface area contributed by atoms with Crippen LogP contribution in [0, 0.1) is 0 Å². The molecule has 3 aromatic heterocycles. The van der Waals surface area contributed by atoms with E-state index in [4.69, 9.17) is 9.15 Å². The van der Waals surface area contributed by atoms with E-state index in [0.29, 0.717) is 11.6 Å². The van der Waals surface area contributed by atoms with Gasteiger partial charge >= 0.3 is 0 Å². The van der Waals surface area contributed by atoms with Crippen LogP contribution in [0.2, 0.25) is 0 Å². The van der Waals surface area contributed by atoms with Crippen LogP contribution < -0.4 is 4.74 Å². The topological polar surface area (TPSA) is 66.0 Å². The van der Waals surface area contributed by atoms with Crippen LogP contribution in [0.25, 0.3) is 11.5 Å². The number of methoxy groups -OCH3 is 1. The molecule has 6 nitrogen and oxygen atoms in total. The van der Waals surface area contributed by atoms with Crippen molar-refractivity contribution in [3.8, 4) is 17.2 Å². The Bertz CT molecular complexity index is 1310. The summed E-state index contributed by atoms with van der Waals surface area (Å²) in [5.74, 6) is 3.05. The Morgan fingerprint density at radius 2 is 1.85 bits per heavy atom. The zero-order valence-corrected chi connectivity index (χ0v) is 20.4. The Labute approximate surface area is 206 Å². The minimum Gasteiger partial charge on any atom is -0.497 e. The Kier molecular flexibility index (Phi) is 7.07. The highest BCUT2D eigenvalue weighted by atomic mass is 32.2. The lowest BCUT2D eigenvalue weighted by molar-refractivity contribution is 0.415. The van der Waals surface area contributed by atoms with E-state index in [0.717, 1.165) is 47.4 Å². The van der Waals surface area contributed by atoms with Crippen molar-refractivity contribution in [2.75, 3.05) is 7.11 Å². The van der Waals surface area contributed by atoms with Gasteiger partial charge in [-0.05, 0) is 47.7 Å². The van der Waals surface area contributed by atoms with Gasteiger partial charge in [0.2, 0.25) is 5.89 Å². The van der Waals surface area contributed by atoms with Gasteiger partial charge in [-0.3, -0.25) is 0 Å². The lowest BCUT2D eigenvalue weighted by Gasteiger charge is -2.10. The molecule has 3 heterocycles. The molecule has 0 saturated heterocycles. The molecule has 0 aliphatic heterocycles. The summed E-state index contributed by atoms with van der Waals surface area (Å²) in [5, 5.41) is 12.0. The van der Waals surface area contributed by atoms with E-state index in [9.17, 15) is 0 Å². The number of thioether (sulfide) groups is 1. The number of hydrogen-bond acceptors (Lipinski definition) is 7. The Balaban J connectivity index is 1.30. The molecule has 0 unspecified atom stereocenters. The van der Waals surface area contributed by atoms with E-state index in [1.807, 2.05) is 30.3 Å². The van der Waals surface area contributed by atoms with Crippen LogP contribution in [-0.2, 0) is 25.1 Å². The smallest absolute Gasteiger partial charge is 0.226 e. The molecule has 0 bridgehead atoms. The van der Waals surface area contributed by atoms with Crippen LogP contribution in [0.3, 0.4) is 0 Å². The zero-order valence-electron chi connectivity index (χ0n) is 18.8. The van der Waals surface area contributed by atoms with E-state index in [1.165, 1.54) is 10.4 Å². The van der Waals surface area contributed by atoms with Gasteiger partial charge in [-0.25, -0.2) is 4.98 Å². The first-order chi connectivity index (χ1) is 16.8. The Morgan fingerprint density at radius 1 is 1.00 bits per heavy atom. The molecule has 0 aliphatic carbocycles. The van der Waals surface area contributed by atoms with E-state index >= 15 is 0 Å². The first-order valence-electron chi connectivity index (χ1n) is 11.0. The van der Waals surface area contributed by atoms with Crippen LogP contribution in [0.15, 0.2) is 87.9 Å². The second-order valence-corrected chi connectivity index (χ2v) is 9.68. The first-order valence-corrected chi connectivity index (χ1v) is 12.8. The summed E-state index contributed by atoms with van der Waals surface area (Å²) in [7, 11) is 1.65. The summed E-state index contributed by atoms with van der Waals surface area (Å²) in [5.41, 5.74) is 3.09. The van der Waals surface area contributed by atoms with Gasteiger partial charge in [-0.15, -0.1) is 21.5 Å². The van der Waals surface area contributed by atoms with Crippen LogP contribution in [0.1, 0.15) is 22.0 Å². The number of aromatic nitrogens is 4. The number of thiophene rings is 1. The first kappa shape index (κ1) is 22.4. The molecular formula is C26H24N4O2S2. The molecule has 0 atom stereocenters. The van der Waals surface area contributed by atoms with Crippen molar-refractivity contribution in [1.82, 2.24) is 19.7 Å². The van der Waals surface area contributed by atoms with Gasteiger partial charge in [-0.2, -0.15) is 0 Å². The molecular weight excluding hydrogens is 464 g/mol. The highest BCUT2D eigenvalue weighted by Gasteiger charge is 2.15. The molecule has 172 valence electrons. The molecule has 34 heavy (non-hydrogen) atoms. The summed E-state index contributed by atoms with van der Waals surface area (Å²) in [6.07, 6.45) is 3.42. The minimum atomic E-state index is 0.599. The van der Waals surface area contributed by atoms with Crippen LogP contribution >= 0.6 is 23.1 Å². The van der Waals surface area contributed by atoms with E-state index in [2.05, 4.69) is 61.5 Å². The summed E-state index contributed by atoms with van der Waals surface area (Å²) in [4.78, 5) is 5.94. The highest BCUT2D eigenvalue weighted by molar-refractivity contribution is 7.98. The molecule has 5 rings (SSSR count). The molecule has 0 aliphatic rings. The molecule has 0 saturated carbocycles. The molecule has 5 aromatic rings. The number of ether oxygens (including phenoxy) is 1. The molecule has 2 aromatic carbocycles. The quantitative estimate of drug-likeness (QED) is 0.220. The van der Waals surface area contributed by atoms with Gasteiger partial charge in [0.1, 0.15) is 17.8 Å². The fraction of sp³-hybridized carbons (Fsp3) is 0.192. The van der Waals surface area contributed by atoms with Gasteiger partial charge in [0.05, 0.1) is 12.8 Å². The summed E-state index contributed by atoms with van der Waals surface area (Å²) < 4.78 is 13.2. The van der Waals surface area contributed by atoms with Gasteiger partial charge in [0, 0.05) is 29.2 Å². The van der Waals surface area contributed by atoms with Crippen molar-refractivity contribution in [3.63, 3.8) is 0 Å². The SMILES string of the molecule is COc1ccc(-c2nc(CSc3nnc(Cc4cccs4)n3CCc3ccccc3)co2)cc1. The number of rotatable bonds is 10. The molecule has 0 fully saturated rings. The fourth-order valence-corrected chi connectivity index (χ4v) is 5.18. The van der Waals surface area contributed by atoms with Crippen LogP contribution in [0.4, 0.5) is 0 Å². The molecule has 8 heteroatoms. The van der Waals surface area contributed by atoms with E-state index in [-0.39, 0.29) is 0 Å². The number of oxazole rings is 1. The highest BCUT2D eigenvalue weighted by Crippen LogP contribution is 2.27. The maximum atomic E-state index is 5.72. The fourth-order valence-electron chi connectivity index (χ4n) is 3.61. The van der Waals surface area contributed by atoms with Gasteiger partial charge < -0.3 is 13.7 Å². The molecule has 0 spiro atoms. The van der Waals surface area contributed by atoms with Gasteiger partial charge in [0.25, 0.3) is 0 Å². The predicted octanol–water partition coefficient (Wildman–Crippen LogP) is 6.13. The van der Waals surface area contributed by atoms with Crippen molar-refractivity contribution in [3.05, 3.63) is 100 Å². The number of nitrogens with zero attached hydrogens (tertiary/aromatic N) is 4. The average Bonchev–Trinajstić information content (AvgIpc) is 3.64. The van der Waals surface area contributed by atoms with Crippen molar-refractivity contribution in [1.29, 1.82) is 0 Å². The third kappa shape index (κ3) is 5.40. The summed E-state index contributed by atoms with van der Waals surface area (Å²) >= 11 is 3.38. The van der Waals surface area contributed by atoms with Gasteiger partial charge in [-0.1, -0.05) is 48.2 Å². The largest absolute Gasteiger partial charge is 0.497 e. The lowest BCUT2D eigenvalue weighted by Crippen LogP contribution is -2.08. The van der Waals surface area contributed by atoms with E-state index in [1.54, 1.807) is 36.5 Å². The van der Waals surface area contributed by atoms with Crippen molar-refractivity contribution < 1.29 is 9.15 Å². The second kappa shape index (κ2) is 10.7. The monoisotopic (exact) mass is 488 g/mol. The number of aryl methyl sites for hydroxylation is 1. The third-order valence-electron chi connectivity index (χ3n) is 5.41. The summed E-state index contributed by atoms with van der Waals surface area (Å²) in [6, 6.07) is 22.4. The molecule has 0 N–H and O–H groups in total. The third-order valence-corrected chi connectivity index (χ3v) is 7.29. The normalized spacial score (nSPS) is 11.1. The van der Waals surface area contributed by atoms with E-state index < -0.39 is 0 Å². The maximum absolute atomic E-state index is 5.72. The minimum absolute atomic E-state index is 0.599. The maximum Gasteiger partial charge on any atom is 0.226 e. The van der Waals surface area contributed by atoms with Crippen molar-refractivity contribution >= 4 is 23.1 Å². The van der Waals surface area contributed by atoms with Crippen molar-refractivity contribution in [2.45, 2.75) is 30.3 Å². The van der Waals surface area contributed by atoms with Crippen molar-refractivity contribution in [2.24, 2.45) is 0 Å². The molecule has 0 radical (unpaired) electrons. The number of benzene rings is 2. The average molecular weight is 489 g/mol. The number of hydrogen-bond donors (Lipinski definition) is 0. The second-order valence-electron chi connectivity index (χ2n) is 7.70. The zero-order chi connectivity index (χ0) is 23.2. The standard InChI is InChI=1S/C26H24N4O2S2/c1-31-22-11-9-20(10-12-22)25-27-21(17-32-25)18-34-26-29-28-24(16-23-8-5-15-33-23)30(26)14-13-19-6-3-2-4-7-19/h2-12,15,17H,13-14,16,18H2,1H3.